The van der Waals surface area contributed by atoms with Gasteiger partial charge in [-0.3, -0.25) is 4.90 Å². The van der Waals surface area contributed by atoms with Gasteiger partial charge < -0.3 is 21.9 Å². The smallest absolute Gasteiger partial charge is 0.443 e. The molecule has 0 spiro atoms. The SMILES string of the molecule is C=C(/N=C(/N)C(=C(N)N)N(Cc1csc(C(F)(F)F)n1)C(=O)OC)n1nc(Cc2ccccc2F)c2ncc(F)cc21. The standard InChI is InChI=1S/C25H22F5N9O2S/c1-12(39-18-8-14(26)9-34-19(18)17(37-39)7-13-5-3-4-6-16(13)27)35-22(33)20(21(31)32)38(24(40)41-2)10-15-11-42-23(36-15)25(28,29)30/h3-6,8-9,11H,1,7,10,31-32H2,2H3,(H2,33,35). The number of nitrogens with two attached hydrogens (primary N) is 3. The number of hydrogen-bond acceptors (Lipinski definition) is 9. The zero-order valence-electron chi connectivity index (χ0n) is 21.7. The number of halogens is 5. The summed E-state index contributed by atoms with van der Waals surface area (Å²) < 4.78 is 73.5. The number of fused-ring (bicyclic) bond motifs is 1. The summed E-state index contributed by atoms with van der Waals surface area (Å²) in [5.74, 6) is -2.47. The van der Waals surface area contributed by atoms with Crippen LogP contribution in [0, 0.1) is 11.6 Å². The van der Waals surface area contributed by atoms with Gasteiger partial charge in [-0.15, -0.1) is 11.3 Å². The van der Waals surface area contributed by atoms with E-state index in [1.54, 1.807) is 12.1 Å². The van der Waals surface area contributed by atoms with Crippen LogP contribution in [0.15, 0.2) is 65.0 Å². The van der Waals surface area contributed by atoms with Gasteiger partial charge in [-0.2, -0.15) is 18.3 Å². The van der Waals surface area contributed by atoms with Crippen LogP contribution in [0.25, 0.3) is 16.9 Å². The van der Waals surface area contributed by atoms with Crippen LogP contribution >= 0.6 is 11.3 Å². The van der Waals surface area contributed by atoms with E-state index in [4.69, 9.17) is 21.9 Å². The number of ether oxygens (including phenoxy) is 1. The monoisotopic (exact) mass is 607 g/mol. The maximum absolute atomic E-state index is 14.3. The molecular weight excluding hydrogens is 585 g/mol. The number of hydrogen-bond donors (Lipinski definition) is 3. The summed E-state index contributed by atoms with van der Waals surface area (Å²) in [6, 6.07) is 7.10. The van der Waals surface area contributed by atoms with Gasteiger partial charge in [0.1, 0.15) is 34.5 Å². The first-order valence-electron chi connectivity index (χ1n) is 11.7. The predicted octanol–water partition coefficient (Wildman–Crippen LogP) is 3.92. The van der Waals surface area contributed by atoms with Crippen molar-refractivity contribution < 1.29 is 31.5 Å². The minimum atomic E-state index is -4.70. The lowest BCUT2D eigenvalue weighted by Gasteiger charge is -2.23. The van der Waals surface area contributed by atoms with Gasteiger partial charge >= 0.3 is 12.3 Å². The first-order chi connectivity index (χ1) is 19.8. The molecule has 0 saturated carbocycles. The molecule has 0 radical (unpaired) electrons. The number of amidine groups is 1. The molecule has 11 nitrogen and oxygen atoms in total. The quantitative estimate of drug-likeness (QED) is 0.154. The highest BCUT2D eigenvalue weighted by molar-refractivity contribution is 7.09. The van der Waals surface area contributed by atoms with E-state index in [1.165, 1.54) is 12.1 Å². The lowest BCUT2D eigenvalue weighted by molar-refractivity contribution is -0.137. The molecule has 17 heteroatoms. The van der Waals surface area contributed by atoms with Crippen LogP contribution in [0.4, 0.5) is 26.7 Å². The molecule has 0 bridgehead atoms. The number of alkyl halides is 3. The lowest BCUT2D eigenvalue weighted by Crippen LogP contribution is -2.40. The number of amides is 1. The van der Waals surface area contributed by atoms with Gasteiger partial charge in [-0.05, 0) is 11.6 Å². The third-order valence-corrected chi connectivity index (χ3v) is 6.60. The van der Waals surface area contributed by atoms with Gasteiger partial charge in [-0.25, -0.2) is 33.2 Å². The van der Waals surface area contributed by atoms with Crippen molar-refractivity contribution in [1.29, 1.82) is 0 Å². The molecule has 0 fully saturated rings. The summed E-state index contributed by atoms with van der Waals surface area (Å²) in [7, 11) is 1.02. The van der Waals surface area contributed by atoms with Crippen molar-refractivity contribution in [3.63, 3.8) is 0 Å². The molecule has 1 aromatic carbocycles. The van der Waals surface area contributed by atoms with Crippen LogP contribution in [0.2, 0.25) is 0 Å². The Morgan fingerprint density at radius 2 is 1.93 bits per heavy atom. The number of thiazole rings is 1. The maximum atomic E-state index is 14.3. The Kier molecular flexibility index (Phi) is 8.41. The minimum Gasteiger partial charge on any atom is -0.452 e. The van der Waals surface area contributed by atoms with Crippen molar-refractivity contribution in [2.45, 2.75) is 19.1 Å². The normalized spacial score (nSPS) is 11.9. The summed E-state index contributed by atoms with van der Waals surface area (Å²) in [5, 5.41) is 4.32. The molecule has 3 heterocycles. The molecule has 0 unspecified atom stereocenters. The van der Waals surface area contributed by atoms with Gasteiger partial charge in [0.2, 0.25) is 0 Å². The van der Waals surface area contributed by atoms with Crippen LogP contribution in [0.1, 0.15) is 22.0 Å². The fraction of sp³-hybridized carbons (Fsp3) is 0.160. The molecule has 220 valence electrons. The molecule has 1 amide bonds. The largest absolute Gasteiger partial charge is 0.452 e. The van der Waals surface area contributed by atoms with E-state index in [9.17, 15) is 26.7 Å². The fourth-order valence-corrected chi connectivity index (χ4v) is 4.55. The molecule has 4 aromatic rings. The number of carbonyl (C=O) groups excluding carboxylic acids is 1. The average molecular weight is 608 g/mol. The molecule has 0 aliphatic carbocycles. The first kappa shape index (κ1) is 29.9. The number of rotatable bonds is 8. The molecular formula is C25H22F5N9O2S. The van der Waals surface area contributed by atoms with Crippen molar-refractivity contribution in [2.75, 3.05) is 7.11 Å². The summed E-state index contributed by atoms with van der Waals surface area (Å²) in [4.78, 5) is 25.0. The topological polar surface area (TPSA) is 164 Å². The van der Waals surface area contributed by atoms with E-state index < -0.39 is 52.8 Å². The van der Waals surface area contributed by atoms with Gasteiger partial charge in [0, 0.05) is 17.9 Å². The second kappa shape index (κ2) is 11.8. The van der Waals surface area contributed by atoms with Crippen molar-refractivity contribution in [2.24, 2.45) is 22.2 Å². The van der Waals surface area contributed by atoms with Crippen molar-refractivity contribution in [1.82, 2.24) is 24.6 Å². The highest BCUT2D eigenvalue weighted by atomic mass is 32.1. The highest BCUT2D eigenvalue weighted by Gasteiger charge is 2.35. The van der Waals surface area contributed by atoms with E-state index in [-0.39, 0.29) is 34.7 Å². The van der Waals surface area contributed by atoms with Crippen LogP contribution in [-0.2, 0) is 23.9 Å². The lowest BCUT2D eigenvalue weighted by atomic mass is 10.1. The number of nitrogens with zero attached hydrogens (tertiary/aromatic N) is 6. The number of benzene rings is 1. The zero-order valence-corrected chi connectivity index (χ0v) is 22.5. The van der Waals surface area contributed by atoms with Crippen molar-refractivity contribution in [3.8, 4) is 0 Å². The number of methoxy groups -OCH3 is 1. The molecule has 42 heavy (non-hydrogen) atoms. The Morgan fingerprint density at radius 1 is 1.21 bits per heavy atom. The van der Waals surface area contributed by atoms with E-state index >= 15 is 0 Å². The van der Waals surface area contributed by atoms with Crippen LogP contribution in [0.5, 0.6) is 0 Å². The Hall–Kier alpha value is -5.06. The van der Waals surface area contributed by atoms with Crippen LogP contribution in [0.3, 0.4) is 0 Å². The summed E-state index contributed by atoms with van der Waals surface area (Å²) >= 11 is 0.319. The summed E-state index contributed by atoms with van der Waals surface area (Å²) in [5.41, 5.74) is 18.0. The zero-order chi connectivity index (χ0) is 30.8. The van der Waals surface area contributed by atoms with Crippen molar-refractivity contribution >= 4 is 40.1 Å². The van der Waals surface area contributed by atoms with E-state index in [0.29, 0.717) is 16.9 Å². The van der Waals surface area contributed by atoms with Gasteiger partial charge in [0.25, 0.3) is 0 Å². The summed E-state index contributed by atoms with van der Waals surface area (Å²) in [6.07, 6.45) is -4.83. The Morgan fingerprint density at radius 3 is 2.55 bits per heavy atom. The predicted molar refractivity (Wildman–Crippen MR) is 144 cm³/mol. The highest BCUT2D eigenvalue weighted by Crippen LogP contribution is 2.32. The third kappa shape index (κ3) is 6.30. The Labute approximate surface area is 238 Å². The molecule has 0 atom stereocenters. The van der Waals surface area contributed by atoms with Gasteiger partial charge in [-0.1, -0.05) is 24.8 Å². The second-order valence-electron chi connectivity index (χ2n) is 8.56. The van der Waals surface area contributed by atoms with Crippen LogP contribution in [-0.4, -0.2) is 43.7 Å². The number of pyridine rings is 1. The molecule has 4 rings (SSSR count). The Bertz CT molecular complexity index is 1720. The minimum absolute atomic E-state index is 0.00808. The second-order valence-corrected chi connectivity index (χ2v) is 9.42. The number of aliphatic imine (C=N–C) groups is 1. The third-order valence-electron chi connectivity index (χ3n) is 5.66. The maximum Gasteiger partial charge on any atom is 0.443 e. The number of aromatic nitrogens is 4. The van der Waals surface area contributed by atoms with E-state index in [2.05, 4.69) is 26.6 Å². The molecule has 6 N–H and O–H groups in total. The van der Waals surface area contributed by atoms with Crippen LogP contribution < -0.4 is 17.2 Å². The molecule has 0 saturated heterocycles. The van der Waals surface area contributed by atoms with Crippen molar-refractivity contribution in [3.05, 3.63) is 93.6 Å². The van der Waals surface area contributed by atoms with E-state index in [0.717, 1.165) is 34.3 Å². The average Bonchev–Trinajstić information content (AvgIpc) is 3.54. The summed E-state index contributed by atoms with van der Waals surface area (Å²) in [6.45, 7) is 3.23. The Balaban J connectivity index is 1.72. The molecule has 3 aromatic heterocycles. The van der Waals surface area contributed by atoms with Gasteiger partial charge in [0.15, 0.2) is 10.8 Å². The van der Waals surface area contributed by atoms with Gasteiger partial charge in [0.05, 0.1) is 36.8 Å². The first-order valence-corrected chi connectivity index (χ1v) is 12.6. The molecule has 0 aliphatic rings. The fourth-order valence-electron chi connectivity index (χ4n) is 3.87. The molecule has 0 aliphatic heterocycles. The van der Waals surface area contributed by atoms with E-state index in [1.807, 2.05) is 0 Å². The number of carbonyl (C=O) groups is 1.